The molecule has 0 bridgehead atoms. The largest absolute Gasteiger partial charge is 0.375 e. The number of nitrogens with zero attached hydrogens (tertiary/aromatic N) is 1. The Bertz CT molecular complexity index is 432. The van der Waals surface area contributed by atoms with Gasteiger partial charge in [0.15, 0.2) is 0 Å². The van der Waals surface area contributed by atoms with E-state index >= 15 is 0 Å². The first-order valence-electron chi connectivity index (χ1n) is 6.55. The minimum Gasteiger partial charge on any atom is -0.375 e. The van der Waals surface area contributed by atoms with Gasteiger partial charge in [0.1, 0.15) is 5.82 Å². The fourth-order valence-corrected chi connectivity index (χ4v) is 2.10. The van der Waals surface area contributed by atoms with Crippen molar-refractivity contribution in [1.29, 1.82) is 5.41 Å². The highest BCUT2D eigenvalue weighted by Crippen LogP contribution is 2.18. The van der Waals surface area contributed by atoms with E-state index in [4.69, 9.17) is 5.41 Å². The molecule has 1 fully saturated rings. The molecule has 1 aromatic rings. The van der Waals surface area contributed by atoms with Gasteiger partial charge in [0.2, 0.25) is 0 Å². The van der Waals surface area contributed by atoms with Gasteiger partial charge in [-0.05, 0) is 30.3 Å². The molecular weight excluding hydrogens is 238 g/mol. The minimum absolute atomic E-state index is 0.810. The van der Waals surface area contributed by atoms with Crippen molar-refractivity contribution >= 4 is 17.6 Å². The molecular formula is C14H21N5. The zero-order valence-electron chi connectivity index (χ0n) is 11.2. The molecule has 0 radical (unpaired) electrons. The van der Waals surface area contributed by atoms with Crippen LogP contribution in [0.1, 0.15) is 0 Å². The third kappa shape index (κ3) is 3.72. The molecule has 0 aliphatic carbocycles. The molecule has 19 heavy (non-hydrogen) atoms. The Labute approximate surface area is 114 Å². The van der Waals surface area contributed by atoms with Gasteiger partial charge in [0.05, 0.1) is 0 Å². The van der Waals surface area contributed by atoms with Crippen LogP contribution in [0.5, 0.6) is 0 Å². The molecule has 5 heteroatoms. The number of hydrogen-bond acceptors (Lipinski definition) is 5. The molecule has 0 unspecified atom stereocenters. The molecule has 1 heterocycles. The normalized spacial score (nSPS) is 16.1. The Morgan fingerprint density at radius 2 is 1.95 bits per heavy atom. The van der Waals surface area contributed by atoms with Crippen molar-refractivity contribution in [2.45, 2.75) is 0 Å². The Hall–Kier alpha value is -2.01. The van der Waals surface area contributed by atoms with Crippen LogP contribution in [0.15, 0.2) is 36.2 Å². The summed E-state index contributed by atoms with van der Waals surface area (Å²) in [4.78, 5) is 2.38. The summed E-state index contributed by atoms with van der Waals surface area (Å²) in [7, 11) is 1.83. The van der Waals surface area contributed by atoms with Gasteiger partial charge >= 0.3 is 0 Å². The molecule has 0 amide bonds. The first-order chi connectivity index (χ1) is 9.33. The number of benzene rings is 1. The highest BCUT2D eigenvalue weighted by atomic mass is 15.2. The van der Waals surface area contributed by atoms with Crippen molar-refractivity contribution in [3.8, 4) is 0 Å². The Balaban J connectivity index is 2.01. The summed E-state index contributed by atoms with van der Waals surface area (Å²) < 4.78 is 0. The molecule has 0 aromatic heterocycles. The zero-order valence-corrected chi connectivity index (χ0v) is 11.2. The van der Waals surface area contributed by atoms with E-state index in [0.29, 0.717) is 0 Å². The molecule has 1 saturated heterocycles. The molecule has 2 rings (SSSR count). The fourth-order valence-electron chi connectivity index (χ4n) is 2.10. The van der Waals surface area contributed by atoms with Crippen molar-refractivity contribution in [1.82, 2.24) is 10.6 Å². The first kappa shape index (κ1) is 13.4. The third-order valence-electron chi connectivity index (χ3n) is 3.15. The summed E-state index contributed by atoms with van der Waals surface area (Å²) in [5, 5.41) is 16.7. The second-order valence-electron chi connectivity index (χ2n) is 4.41. The predicted molar refractivity (Wildman–Crippen MR) is 81.1 cm³/mol. The van der Waals surface area contributed by atoms with E-state index in [-0.39, 0.29) is 0 Å². The first-order valence-corrected chi connectivity index (χ1v) is 6.55. The quantitative estimate of drug-likeness (QED) is 0.600. The average molecular weight is 259 g/mol. The van der Waals surface area contributed by atoms with E-state index in [0.717, 1.165) is 37.7 Å². The number of piperazine rings is 1. The lowest BCUT2D eigenvalue weighted by molar-refractivity contribution is 0.589. The van der Waals surface area contributed by atoms with Crippen LogP contribution in [0.4, 0.5) is 11.4 Å². The summed E-state index contributed by atoms with van der Waals surface area (Å²) in [5.74, 6) is 0.810. The molecule has 0 saturated carbocycles. The van der Waals surface area contributed by atoms with E-state index in [9.17, 15) is 0 Å². The van der Waals surface area contributed by atoms with Gasteiger partial charge < -0.3 is 26.3 Å². The highest BCUT2D eigenvalue weighted by Gasteiger charge is 2.09. The number of nitrogens with one attached hydrogen (secondary N) is 4. The number of allylic oxidation sites excluding steroid dienone is 1. The van der Waals surface area contributed by atoms with Crippen LogP contribution in [0.3, 0.4) is 0 Å². The van der Waals surface area contributed by atoms with Crippen molar-refractivity contribution in [2.24, 2.45) is 0 Å². The molecule has 5 nitrogen and oxygen atoms in total. The average Bonchev–Trinajstić information content (AvgIpc) is 2.48. The van der Waals surface area contributed by atoms with E-state index in [1.165, 1.54) is 11.9 Å². The van der Waals surface area contributed by atoms with Crippen LogP contribution in [0, 0.1) is 5.41 Å². The Kier molecular flexibility index (Phi) is 4.80. The number of hydrogen-bond donors (Lipinski definition) is 4. The maximum absolute atomic E-state index is 7.08. The van der Waals surface area contributed by atoms with Gasteiger partial charge in [-0.3, -0.25) is 0 Å². The van der Waals surface area contributed by atoms with Crippen LogP contribution < -0.4 is 20.9 Å². The molecule has 0 spiro atoms. The van der Waals surface area contributed by atoms with Gasteiger partial charge in [-0.15, -0.1) is 0 Å². The Morgan fingerprint density at radius 3 is 2.53 bits per heavy atom. The van der Waals surface area contributed by atoms with Crippen molar-refractivity contribution in [2.75, 3.05) is 43.4 Å². The minimum atomic E-state index is 0.810. The fraction of sp³-hybridized carbons (Fsp3) is 0.357. The van der Waals surface area contributed by atoms with Gasteiger partial charge in [0.25, 0.3) is 0 Å². The monoisotopic (exact) mass is 259 g/mol. The van der Waals surface area contributed by atoms with Gasteiger partial charge in [0, 0.05) is 50.8 Å². The number of rotatable bonds is 5. The number of anilines is 2. The summed E-state index contributed by atoms with van der Waals surface area (Å²) in [6.45, 7) is 4.21. The molecule has 1 aliphatic rings. The maximum Gasteiger partial charge on any atom is 0.104 e. The standard InChI is InChI=1S/C14H21N5/c1-16-14(6-7-15)18-12-2-4-13(5-3-12)19-10-8-17-9-11-19/h2-7,15-18H,8-11H2,1H3/b14-6+,15-7?. The van der Waals surface area contributed by atoms with Crippen LogP contribution in [0.2, 0.25) is 0 Å². The molecule has 1 aliphatic heterocycles. The van der Waals surface area contributed by atoms with E-state index < -0.39 is 0 Å². The second-order valence-corrected chi connectivity index (χ2v) is 4.41. The summed E-state index contributed by atoms with van der Waals surface area (Å²) in [6, 6.07) is 8.38. The van der Waals surface area contributed by atoms with Crippen LogP contribution >= 0.6 is 0 Å². The molecule has 0 atom stereocenters. The third-order valence-corrected chi connectivity index (χ3v) is 3.15. The lowest BCUT2D eigenvalue weighted by Gasteiger charge is -2.29. The van der Waals surface area contributed by atoms with Crippen molar-refractivity contribution in [3.63, 3.8) is 0 Å². The lowest BCUT2D eigenvalue weighted by atomic mass is 10.2. The zero-order chi connectivity index (χ0) is 13.5. The SMILES string of the molecule is CN/C(=C\C=N)Nc1ccc(N2CCNCC2)cc1. The summed E-state index contributed by atoms with van der Waals surface area (Å²) in [6.07, 6.45) is 2.94. The molecule has 102 valence electrons. The van der Waals surface area contributed by atoms with Crippen LogP contribution in [0.25, 0.3) is 0 Å². The van der Waals surface area contributed by atoms with Crippen molar-refractivity contribution < 1.29 is 0 Å². The highest BCUT2D eigenvalue weighted by molar-refractivity contribution is 5.70. The second kappa shape index (κ2) is 6.80. The van der Waals surface area contributed by atoms with E-state index in [2.05, 4.69) is 45.1 Å². The van der Waals surface area contributed by atoms with Crippen LogP contribution in [-0.4, -0.2) is 39.4 Å². The van der Waals surface area contributed by atoms with Gasteiger partial charge in [-0.1, -0.05) is 0 Å². The van der Waals surface area contributed by atoms with Gasteiger partial charge in [-0.25, -0.2) is 0 Å². The smallest absolute Gasteiger partial charge is 0.104 e. The molecule has 4 N–H and O–H groups in total. The van der Waals surface area contributed by atoms with E-state index in [1.54, 1.807) is 6.08 Å². The van der Waals surface area contributed by atoms with Crippen LogP contribution in [-0.2, 0) is 0 Å². The maximum atomic E-state index is 7.08. The summed E-state index contributed by atoms with van der Waals surface area (Å²) >= 11 is 0. The molecule has 1 aromatic carbocycles. The topological polar surface area (TPSA) is 63.2 Å². The summed E-state index contributed by atoms with van der Waals surface area (Å²) in [5.41, 5.74) is 2.27. The lowest BCUT2D eigenvalue weighted by Crippen LogP contribution is -2.43. The van der Waals surface area contributed by atoms with Gasteiger partial charge in [-0.2, -0.15) is 0 Å². The van der Waals surface area contributed by atoms with Crippen molar-refractivity contribution in [3.05, 3.63) is 36.2 Å². The predicted octanol–water partition coefficient (Wildman–Crippen LogP) is 1.22. The Morgan fingerprint density at radius 1 is 1.26 bits per heavy atom. The van der Waals surface area contributed by atoms with E-state index in [1.807, 2.05) is 7.05 Å².